The molecule has 7 heteroatoms. The highest BCUT2D eigenvalue weighted by atomic mass is 16.6. The molecule has 1 N–H and O–H groups in total. The fraction of sp³-hybridized carbons (Fsp3) is 0.0667. The molecule has 0 aliphatic heterocycles. The molecule has 2 aromatic carbocycles. The third-order valence-corrected chi connectivity index (χ3v) is 2.72. The number of carbonyl (C=O) groups excluding carboxylic acids is 2. The second-order valence-electron chi connectivity index (χ2n) is 4.26. The van der Waals surface area contributed by atoms with Crippen LogP contribution in [0.4, 0.5) is 11.4 Å². The molecule has 0 saturated heterocycles. The van der Waals surface area contributed by atoms with Gasteiger partial charge >= 0.3 is 5.97 Å². The normalized spacial score (nSPS) is 9.82. The van der Waals surface area contributed by atoms with Crippen LogP contribution in [0.15, 0.2) is 54.6 Å². The van der Waals surface area contributed by atoms with Crippen molar-refractivity contribution in [3.8, 4) is 0 Å². The average molecular weight is 300 g/mol. The molecule has 0 aliphatic carbocycles. The van der Waals surface area contributed by atoms with Crippen molar-refractivity contribution in [2.75, 3.05) is 11.9 Å². The molecule has 0 aliphatic rings. The van der Waals surface area contributed by atoms with Gasteiger partial charge in [0.25, 0.3) is 11.6 Å². The second-order valence-corrected chi connectivity index (χ2v) is 4.26. The van der Waals surface area contributed by atoms with Gasteiger partial charge in [-0.2, -0.15) is 0 Å². The molecule has 0 unspecified atom stereocenters. The Morgan fingerprint density at radius 3 is 2.36 bits per heavy atom. The van der Waals surface area contributed by atoms with Gasteiger partial charge < -0.3 is 10.1 Å². The number of nitrogens with one attached hydrogen (secondary N) is 1. The Balaban J connectivity index is 1.94. The number of anilines is 1. The number of esters is 1. The highest BCUT2D eigenvalue weighted by Gasteiger charge is 2.16. The molecule has 0 bridgehead atoms. The molecule has 0 radical (unpaired) electrons. The molecule has 0 spiro atoms. The van der Waals surface area contributed by atoms with E-state index in [9.17, 15) is 19.7 Å². The number of nitrogens with zero attached hydrogens (tertiary/aromatic N) is 1. The molecule has 7 nitrogen and oxygen atoms in total. The van der Waals surface area contributed by atoms with Gasteiger partial charge in [0.1, 0.15) is 5.69 Å². The number of carbonyl (C=O) groups is 2. The fourth-order valence-corrected chi connectivity index (χ4v) is 1.71. The summed E-state index contributed by atoms with van der Waals surface area (Å²) < 4.78 is 4.84. The first-order valence-electron chi connectivity index (χ1n) is 6.33. The van der Waals surface area contributed by atoms with Gasteiger partial charge in [0.05, 0.1) is 10.5 Å². The number of para-hydroxylation sites is 2. The Morgan fingerprint density at radius 2 is 1.68 bits per heavy atom. The Morgan fingerprint density at radius 1 is 1.05 bits per heavy atom. The highest BCUT2D eigenvalue weighted by molar-refractivity contribution is 5.96. The van der Waals surface area contributed by atoms with Crippen LogP contribution < -0.4 is 5.32 Å². The third-order valence-electron chi connectivity index (χ3n) is 2.72. The fourth-order valence-electron chi connectivity index (χ4n) is 1.71. The third kappa shape index (κ3) is 3.89. The molecule has 0 heterocycles. The lowest BCUT2D eigenvalue weighted by atomic mass is 10.2. The molecule has 0 saturated carbocycles. The first kappa shape index (κ1) is 15.2. The van der Waals surface area contributed by atoms with Gasteiger partial charge in [0.2, 0.25) is 0 Å². The van der Waals surface area contributed by atoms with Crippen molar-refractivity contribution < 1.29 is 19.2 Å². The maximum atomic E-state index is 11.7. The number of benzene rings is 2. The maximum Gasteiger partial charge on any atom is 0.338 e. The molecule has 22 heavy (non-hydrogen) atoms. The van der Waals surface area contributed by atoms with Crippen molar-refractivity contribution in [2.45, 2.75) is 0 Å². The zero-order valence-corrected chi connectivity index (χ0v) is 11.4. The summed E-state index contributed by atoms with van der Waals surface area (Å²) in [5.41, 5.74) is 0.138. The maximum absolute atomic E-state index is 11.7. The number of nitro groups is 1. The smallest absolute Gasteiger partial charge is 0.338 e. The summed E-state index contributed by atoms with van der Waals surface area (Å²) in [6, 6.07) is 13.9. The first-order chi connectivity index (χ1) is 10.6. The van der Waals surface area contributed by atoms with E-state index < -0.39 is 23.4 Å². The molecule has 0 aromatic heterocycles. The molecule has 112 valence electrons. The quantitative estimate of drug-likeness (QED) is 0.519. The van der Waals surface area contributed by atoms with Gasteiger partial charge in [-0.05, 0) is 18.2 Å². The van der Waals surface area contributed by atoms with E-state index in [1.807, 2.05) is 0 Å². The second kappa shape index (κ2) is 6.98. The summed E-state index contributed by atoms with van der Waals surface area (Å²) in [6.45, 7) is -0.528. The van der Waals surface area contributed by atoms with Crippen LogP contribution in [0.1, 0.15) is 10.4 Å². The minimum Gasteiger partial charge on any atom is -0.452 e. The van der Waals surface area contributed by atoms with Crippen LogP contribution in [0.2, 0.25) is 0 Å². The number of rotatable bonds is 5. The van der Waals surface area contributed by atoms with E-state index in [0.717, 1.165) is 0 Å². The number of nitro benzene ring substituents is 1. The van der Waals surface area contributed by atoms with Crippen molar-refractivity contribution >= 4 is 23.3 Å². The SMILES string of the molecule is O=C(COC(=O)c1ccccc1)Nc1ccccc1[N+](=O)[O-]. The van der Waals surface area contributed by atoms with Gasteiger partial charge in [-0.25, -0.2) is 4.79 Å². The van der Waals surface area contributed by atoms with Gasteiger partial charge in [-0.1, -0.05) is 30.3 Å². The van der Waals surface area contributed by atoms with Crippen LogP contribution >= 0.6 is 0 Å². The monoisotopic (exact) mass is 300 g/mol. The Bertz CT molecular complexity index is 700. The average Bonchev–Trinajstić information content (AvgIpc) is 2.53. The topological polar surface area (TPSA) is 98.5 Å². The van der Waals surface area contributed by atoms with Crippen LogP contribution in [0.3, 0.4) is 0 Å². The van der Waals surface area contributed by atoms with E-state index in [2.05, 4.69) is 5.32 Å². The van der Waals surface area contributed by atoms with Crippen LogP contribution in [-0.4, -0.2) is 23.4 Å². The van der Waals surface area contributed by atoms with Crippen molar-refractivity contribution in [1.29, 1.82) is 0 Å². The number of ether oxygens (including phenoxy) is 1. The summed E-state index contributed by atoms with van der Waals surface area (Å²) >= 11 is 0. The molecule has 1 amide bonds. The van der Waals surface area contributed by atoms with Crippen LogP contribution in [0, 0.1) is 10.1 Å². The molecule has 2 aromatic rings. The largest absolute Gasteiger partial charge is 0.452 e. The molecular formula is C15H12N2O5. The van der Waals surface area contributed by atoms with E-state index in [4.69, 9.17) is 4.74 Å². The lowest BCUT2D eigenvalue weighted by Gasteiger charge is -2.07. The van der Waals surface area contributed by atoms with Gasteiger partial charge in [0.15, 0.2) is 6.61 Å². The lowest BCUT2D eigenvalue weighted by Crippen LogP contribution is -2.21. The van der Waals surface area contributed by atoms with E-state index >= 15 is 0 Å². The first-order valence-corrected chi connectivity index (χ1v) is 6.33. The number of hydrogen-bond donors (Lipinski definition) is 1. The Kier molecular flexibility index (Phi) is 4.81. The predicted octanol–water partition coefficient (Wildman–Crippen LogP) is 2.39. The molecule has 2 rings (SSSR count). The van der Waals surface area contributed by atoms with E-state index in [1.54, 1.807) is 36.4 Å². The Hall–Kier alpha value is -3.22. The van der Waals surface area contributed by atoms with Crippen molar-refractivity contribution in [2.24, 2.45) is 0 Å². The minimum absolute atomic E-state index is 0.0493. The summed E-state index contributed by atoms with van der Waals surface area (Å²) in [7, 11) is 0. The lowest BCUT2D eigenvalue weighted by molar-refractivity contribution is -0.383. The molecule has 0 fully saturated rings. The van der Waals surface area contributed by atoms with Crippen LogP contribution in [-0.2, 0) is 9.53 Å². The number of amides is 1. The van der Waals surface area contributed by atoms with Crippen molar-refractivity contribution in [1.82, 2.24) is 0 Å². The molecular weight excluding hydrogens is 288 g/mol. The summed E-state index contributed by atoms with van der Waals surface area (Å²) in [6.07, 6.45) is 0. The summed E-state index contributed by atoms with van der Waals surface area (Å²) in [5, 5.41) is 13.2. The Labute approximate surface area is 125 Å². The van der Waals surface area contributed by atoms with Gasteiger partial charge in [-0.15, -0.1) is 0 Å². The highest BCUT2D eigenvalue weighted by Crippen LogP contribution is 2.22. The van der Waals surface area contributed by atoms with E-state index in [0.29, 0.717) is 5.56 Å². The van der Waals surface area contributed by atoms with Gasteiger partial charge in [-0.3, -0.25) is 14.9 Å². The van der Waals surface area contributed by atoms with E-state index in [1.165, 1.54) is 18.2 Å². The van der Waals surface area contributed by atoms with Crippen molar-refractivity contribution in [3.05, 3.63) is 70.3 Å². The minimum atomic E-state index is -0.654. The van der Waals surface area contributed by atoms with Crippen LogP contribution in [0.25, 0.3) is 0 Å². The summed E-state index contributed by atoms with van der Waals surface area (Å²) in [4.78, 5) is 33.6. The summed E-state index contributed by atoms with van der Waals surface area (Å²) in [5.74, 6) is -1.29. The zero-order valence-electron chi connectivity index (χ0n) is 11.4. The number of hydrogen-bond acceptors (Lipinski definition) is 5. The van der Waals surface area contributed by atoms with Crippen molar-refractivity contribution in [3.63, 3.8) is 0 Å². The van der Waals surface area contributed by atoms with Gasteiger partial charge in [0, 0.05) is 6.07 Å². The predicted molar refractivity (Wildman–Crippen MR) is 78.5 cm³/mol. The van der Waals surface area contributed by atoms with E-state index in [-0.39, 0.29) is 11.4 Å². The standard InChI is InChI=1S/C15H12N2O5/c18-14(10-22-15(19)11-6-2-1-3-7-11)16-12-8-4-5-9-13(12)17(20)21/h1-9H,10H2,(H,16,18). The molecule has 0 atom stereocenters. The zero-order chi connectivity index (χ0) is 15.9. The van der Waals surface area contributed by atoms with Crippen LogP contribution in [0.5, 0.6) is 0 Å².